The third kappa shape index (κ3) is 2.91. The zero-order valence-corrected chi connectivity index (χ0v) is 10.6. The summed E-state index contributed by atoms with van der Waals surface area (Å²) in [5.41, 5.74) is 5.92. The normalized spacial score (nSPS) is 10.3. The predicted octanol–water partition coefficient (Wildman–Crippen LogP) is 3.81. The highest BCUT2D eigenvalue weighted by atomic mass is 35.5. The van der Waals surface area contributed by atoms with Gasteiger partial charge < -0.3 is 10.5 Å². The fraction of sp³-hybridized carbons (Fsp3) is 0. The van der Waals surface area contributed by atoms with Gasteiger partial charge in [0.1, 0.15) is 11.4 Å². The Bertz CT molecular complexity index is 562. The molecular formula is C10H6Cl3N3O. The molecule has 0 unspecified atom stereocenters. The SMILES string of the molecule is Nc1cnc(Cl)nc1Oc1ccc(Cl)c(Cl)c1. The van der Waals surface area contributed by atoms with Crippen LogP contribution < -0.4 is 10.5 Å². The molecule has 0 aliphatic heterocycles. The van der Waals surface area contributed by atoms with Crippen LogP contribution >= 0.6 is 34.8 Å². The lowest BCUT2D eigenvalue weighted by molar-refractivity contribution is 0.464. The molecule has 0 atom stereocenters. The van der Waals surface area contributed by atoms with E-state index in [9.17, 15) is 0 Å². The van der Waals surface area contributed by atoms with Crippen molar-refractivity contribution in [2.24, 2.45) is 0 Å². The second kappa shape index (κ2) is 4.96. The molecule has 2 rings (SSSR count). The van der Waals surface area contributed by atoms with Gasteiger partial charge in [0.25, 0.3) is 0 Å². The maximum absolute atomic E-state index is 5.85. The van der Waals surface area contributed by atoms with Crippen LogP contribution in [0.2, 0.25) is 15.3 Å². The predicted molar refractivity (Wildman–Crippen MR) is 68.0 cm³/mol. The number of anilines is 1. The van der Waals surface area contributed by atoms with Crippen LogP contribution in [0.3, 0.4) is 0 Å². The summed E-state index contributed by atoms with van der Waals surface area (Å²) in [6.45, 7) is 0. The molecule has 1 heterocycles. The second-order valence-corrected chi connectivity index (χ2v) is 4.23. The quantitative estimate of drug-likeness (QED) is 0.854. The fourth-order valence-electron chi connectivity index (χ4n) is 1.09. The molecule has 7 heteroatoms. The molecule has 0 fully saturated rings. The fourth-order valence-corrected chi connectivity index (χ4v) is 1.50. The molecule has 0 saturated carbocycles. The number of halogens is 3. The molecule has 0 bridgehead atoms. The smallest absolute Gasteiger partial charge is 0.247 e. The molecule has 0 amide bonds. The lowest BCUT2D eigenvalue weighted by Crippen LogP contribution is -1.96. The van der Waals surface area contributed by atoms with Gasteiger partial charge in [0, 0.05) is 6.07 Å². The van der Waals surface area contributed by atoms with Gasteiger partial charge in [-0.3, -0.25) is 0 Å². The van der Waals surface area contributed by atoms with E-state index < -0.39 is 0 Å². The number of nitrogen functional groups attached to an aromatic ring is 1. The van der Waals surface area contributed by atoms with E-state index in [0.717, 1.165) is 0 Å². The Balaban J connectivity index is 2.31. The van der Waals surface area contributed by atoms with Gasteiger partial charge in [-0.1, -0.05) is 23.2 Å². The Hall–Kier alpha value is -1.23. The Morgan fingerprint density at radius 1 is 1.12 bits per heavy atom. The topological polar surface area (TPSA) is 61.0 Å². The van der Waals surface area contributed by atoms with E-state index in [2.05, 4.69) is 9.97 Å². The summed E-state index contributed by atoms with van der Waals surface area (Å²) in [6.07, 6.45) is 1.36. The monoisotopic (exact) mass is 289 g/mol. The van der Waals surface area contributed by atoms with Gasteiger partial charge in [-0.2, -0.15) is 4.98 Å². The first kappa shape index (κ1) is 12.2. The number of benzene rings is 1. The van der Waals surface area contributed by atoms with Gasteiger partial charge in [-0.05, 0) is 23.7 Å². The minimum Gasteiger partial charge on any atom is -0.437 e. The van der Waals surface area contributed by atoms with E-state index in [1.165, 1.54) is 6.20 Å². The molecular weight excluding hydrogens is 284 g/mol. The van der Waals surface area contributed by atoms with Gasteiger partial charge in [0.15, 0.2) is 0 Å². The lowest BCUT2D eigenvalue weighted by atomic mass is 10.3. The molecule has 2 aromatic rings. The summed E-state index contributed by atoms with van der Waals surface area (Å²) in [7, 11) is 0. The molecule has 88 valence electrons. The highest BCUT2D eigenvalue weighted by molar-refractivity contribution is 6.42. The third-order valence-electron chi connectivity index (χ3n) is 1.86. The van der Waals surface area contributed by atoms with Crippen LogP contribution in [0, 0.1) is 0 Å². The number of nitrogens with two attached hydrogens (primary N) is 1. The van der Waals surface area contributed by atoms with Crippen molar-refractivity contribution in [2.45, 2.75) is 0 Å². The Morgan fingerprint density at radius 3 is 2.59 bits per heavy atom. The standard InChI is InChI=1S/C10H6Cl3N3O/c11-6-2-1-5(3-7(6)12)17-9-8(14)4-15-10(13)16-9/h1-4H,14H2. The maximum Gasteiger partial charge on any atom is 0.247 e. The first-order valence-electron chi connectivity index (χ1n) is 4.47. The number of nitrogens with zero attached hydrogens (tertiary/aromatic N) is 2. The summed E-state index contributed by atoms with van der Waals surface area (Å²) in [6, 6.07) is 4.81. The van der Waals surface area contributed by atoms with Crippen molar-refractivity contribution >= 4 is 40.5 Å². The lowest BCUT2D eigenvalue weighted by Gasteiger charge is -2.07. The van der Waals surface area contributed by atoms with E-state index in [4.69, 9.17) is 45.3 Å². The highest BCUT2D eigenvalue weighted by Gasteiger charge is 2.07. The highest BCUT2D eigenvalue weighted by Crippen LogP contribution is 2.30. The number of hydrogen-bond donors (Lipinski definition) is 1. The summed E-state index contributed by atoms with van der Waals surface area (Å²) in [5, 5.41) is 0.866. The summed E-state index contributed by atoms with van der Waals surface area (Å²) in [4.78, 5) is 7.57. The molecule has 0 aliphatic carbocycles. The van der Waals surface area contributed by atoms with E-state index in [-0.39, 0.29) is 16.9 Å². The number of aromatic nitrogens is 2. The molecule has 0 radical (unpaired) electrons. The first-order chi connectivity index (χ1) is 8.06. The molecule has 0 spiro atoms. The van der Waals surface area contributed by atoms with Gasteiger partial charge in [0.05, 0.1) is 16.2 Å². The largest absolute Gasteiger partial charge is 0.437 e. The van der Waals surface area contributed by atoms with Crippen LogP contribution in [0.25, 0.3) is 0 Å². The molecule has 17 heavy (non-hydrogen) atoms. The minimum atomic E-state index is 0.0502. The van der Waals surface area contributed by atoms with Crippen molar-refractivity contribution < 1.29 is 4.74 Å². The number of hydrogen-bond acceptors (Lipinski definition) is 4. The van der Waals surface area contributed by atoms with Crippen molar-refractivity contribution in [1.29, 1.82) is 0 Å². The van der Waals surface area contributed by atoms with Gasteiger partial charge in [0.2, 0.25) is 11.2 Å². The summed E-state index contributed by atoms with van der Waals surface area (Å²) >= 11 is 17.3. The first-order valence-corrected chi connectivity index (χ1v) is 5.60. The van der Waals surface area contributed by atoms with Crippen LogP contribution in [0.15, 0.2) is 24.4 Å². The molecule has 0 saturated heterocycles. The third-order valence-corrected chi connectivity index (χ3v) is 2.78. The molecule has 1 aromatic heterocycles. The Morgan fingerprint density at radius 2 is 1.88 bits per heavy atom. The van der Waals surface area contributed by atoms with E-state index >= 15 is 0 Å². The van der Waals surface area contributed by atoms with Crippen molar-refractivity contribution in [2.75, 3.05) is 5.73 Å². The van der Waals surface area contributed by atoms with Crippen molar-refractivity contribution in [3.05, 3.63) is 39.7 Å². The zero-order valence-electron chi connectivity index (χ0n) is 8.32. The molecule has 2 N–H and O–H groups in total. The Labute approximate surface area is 112 Å². The van der Waals surface area contributed by atoms with Gasteiger partial charge in [-0.15, -0.1) is 0 Å². The van der Waals surface area contributed by atoms with Crippen LogP contribution in [0.5, 0.6) is 11.6 Å². The molecule has 4 nitrogen and oxygen atoms in total. The van der Waals surface area contributed by atoms with Crippen LogP contribution in [0.1, 0.15) is 0 Å². The van der Waals surface area contributed by atoms with Crippen molar-refractivity contribution in [3.63, 3.8) is 0 Å². The Kier molecular flexibility index (Phi) is 3.57. The van der Waals surface area contributed by atoms with E-state index in [1.54, 1.807) is 18.2 Å². The maximum atomic E-state index is 5.85. The van der Waals surface area contributed by atoms with Gasteiger partial charge in [-0.25, -0.2) is 4.98 Å². The van der Waals surface area contributed by atoms with E-state index in [0.29, 0.717) is 15.8 Å². The van der Waals surface area contributed by atoms with Crippen LogP contribution in [-0.2, 0) is 0 Å². The minimum absolute atomic E-state index is 0.0502. The molecule has 0 aliphatic rings. The molecule has 1 aromatic carbocycles. The van der Waals surface area contributed by atoms with Crippen LogP contribution in [0.4, 0.5) is 5.69 Å². The number of ether oxygens (including phenoxy) is 1. The second-order valence-electron chi connectivity index (χ2n) is 3.08. The summed E-state index contributed by atoms with van der Waals surface area (Å²) in [5.74, 6) is 0.629. The van der Waals surface area contributed by atoms with Crippen molar-refractivity contribution in [1.82, 2.24) is 9.97 Å². The average Bonchev–Trinajstić information content (AvgIpc) is 2.29. The van der Waals surface area contributed by atoms with E-state index in [1.807, 2.05) is 0 Å². The zero-order chi connectivity index (χ0) is 12.4. The average molecular weight is 291 g/mol. The van der Waals surface area contributed by atoms with Crippen LogP contribution in [-0.4, -0.2) is 9.97 Å². The number of rotatable bonds is 2. The summed E-state index contributed by atoms with van der Waals surface area (Å²) < 4.78 is 5.42. The van der Waals surface area contributed by atoms with Gasteiger partial charge >= 0.3 is 0 Å². The van der Waals surface area contributed by atoms with Crippen molar-refractivity contribution in [3.8, 4) is 11.6 Å².